The van der Waals surface area contributed by atoms with E-state index in [0.29, 0.717) is 26.1 Å². The number of rotatable bonds is 9. The molecule has 4 rings (SSSR count). The summed E-state index contributed by atoms with van der Waals surface area (Å²) in [6, 6.07) is 20.5. The average Bonchev–Trinajstić information content (AvgIpc) is 3.26. The first kappa shape index (κ1) is 22.8. The monoisotopic (exact) mass is 444 g/mol. The highest BCUT2D eigenvalue weighted by Gasteiger charge is 2.35. The van der Waals surface area contributed by atoms with Crippen LogP contribution in [-0.2, 0) is 17.9 Å². The Balaban J connectivity index is 1.38. The van der Waals surface area contributed by atoms with Gasteiger partial charge in [0.1, 0.15) is 5.82 Å². The maximum Gasteiger partial charge on any atom is 0.237 e. The van der Waals surface area contributed by atoms with Crippen LogP contribution in [0.1, 0.15) is 23.1 Å². The molecule has 0 saturated carbocycles. The van der Waals surface area contributed by atoms with Crippen LogP contribution in [0.2, 0.25) is 0 Å². The fourth-order valence-electron chi connectivity index (χ4n) is 4.13. The third kappa shape index (κ3) is 6.81. The molecule has 1 aromatic heterocycles. The molecule has 5 nitrogen and oxygen atoms in total. The lowest BCUT2D eigenvalue weighted by Gasteiger charge is -2.22. The van der Waals surface area contributed by atoms with Crippen LogP contribution in [0.15, 0.2) is 85.2 Å². The van der Waals surface area contributed by atoms with Gasteiger partial charge in [-0.3, -0.25) is 14.7 Å². The van der Waals surface area contributed by atoms with Crippen molar-refractivity contribution in [2.45, 2.75) is 31.6 Å². The van der Waals surface area contributed by atoms with E-state index < -0.39 is 0 Å². The van der Waals surface area contributed by atoms with Gasteiger partial charge in [-0.25, -0.2) is 4.39 Å². The molecule has 6 heteroatoms. The second-order valence-corrected chi connectivity index (χ2v) is 8.31. The predicted molar refractivity (Wildman–Crippen MR) is 129 cm³/mol. The Morgan fingerprint density at radius 2 is 1.91 bits per heavy atom. The standard InChI is InChI=1S/C27H29FN4O/c28-24-12-4-9-22(15-24)18-30-25-16-26(27(33)31-19-23-10-5-13-29-17-23)32(20-25)14-6-11-21-7-2-1-3-8-21/h1-13,15,17,25-26,30H,14,16,18-20H2,(H,31,33)/t25-,26-/m0/s1. The van der Waals surface area contributed by atoms with E-state index in [-0.39, 0.29) is 23.8 Å². The Bertz CT molecular complexity index is 1060. The Morgan fingerprint density at radius 1 is 1.06 bits per heavy atom. The molecule has 1 aliphatic heterocycles. The molecule has 1 amide bonds. The quantitative estimate of drug-likeness (QED) is 0.527. The van der Waals surface area contributed by atoms with Gasteiger partial charge in [-0.05, 0) is 41.3 Å². The molecule has 33 heavy (non-hydrogen) atoms. The van der Waals surface area contributed by atoms with Crippen molar-refractivity contribution in [3.8, 4) is 0 Å². The summed E-state index contributed by atoms with van der Waals surface area (Å²) in [7, 11) is 0. The number of pyridine rings is 1. The zero-order valence-electron chi connectivity index (χ0n) is 18.5. The summed E-state index contributed by atoms with van der Waals surface area (Å²) >= 11 is 0. The Kier molecular flexibility index (Phi) is 7.95. The highest BCUT2D eigenvalue weighted by molar-refractivity contribution is 5.82. The molecule has 3 aromatic rings. The number of nitrogens with zero attached hydrogens (tertiary/aromatic N) is 2. The molecule has 0 unspecified atom stereocenters. The van der Waals surface area contributed by atoms with E-state index in [4.69, 9.17) is 0 Å². The van der Waals surface area contributed by atoms with Gasteiger partial charge in [0.2, 0.25) is 5.91 Å². The second kappa shape index (κ2) is 11.5. The molecule has 170 valence electrons. The molecular formula is C27H29FN4O. The lowest BCUT2D eigenvalue weighted by atomic mass is 10.1. The van der Waals surface area contributed by atoms with Crippen molar-refractivity contribution in [1.82, 2.24) is 20.5 Å². The molecule has 0 radical (unpaired) electrons. The van der Waals surface area contributed by atoms with Crippen molar-refractivity contribution < 1.29 is 9.18 Å². The number of halogens is 1. The second-order valence-electron chi connectivity index (χ2n) is 8.31. The molecule has 2 atom stereocenters. The summed E-state index contributed by atoms with van der Waals surface area (Å²) in [5.41, 5.74) is 3.00. The van der Waals surface area contributed by atoms with Gasteiger partial charge in [0, 0.05) is 44.6 Å². The Morgan fingerprint density at radius 3 is 2.70 bits per heavy atom. The number of nitrogens with one attached hydrogen (secondary N) is 2. The van der Waals surface area contributed by atoms with Crippen molar-refractivity contribution >= 4 is 12.0 Å². The van der Waals surface area contributed by atoms with Crippen LogP contribution in [-0.4, -0.2) is 41.0 Å². The molecule has 0 bridgehead atoms. The molecule has 1 saturated heterocycles. The molecular weight excluding hydrogens is 415 g/mol. The maximum absolute atomic E-state index is 13.5. The van der Waals surface area contributed by atoms with E-state index in [9.17, 15) is 9.18 Å². The Hall–Kier alpha value is -3.35. The summed E-state index contributed by atoms with van der Waals surface area (Å²) in [6.07, 6.45) is 8.37. The number of hydrogen-bond acceptors (Lipinski definition) is 4. The number of carbonyl (C=O) groups is 1. The van der Waals surface area contributed by atoms with Crippen molar-refractivity contribution in [1.29, 1.82) is 0 Å². The summed E-state index contributed by atoms with van der Waals surface area (Å²) in [5.74, 6) is -0.219. The Labute approximate surface area is 194 Å². The van der Waals surface area contributed by atoms with Crippen molar-refractivity contribution in [2.75, 3.05) is 13.1 Å². The van der Waals surface area contributed by atoms with Gasteiger partial charge in [-0.15, -0.1) is 0 Å². The van der Waals surface area contributed by atoms with Gasteiger partial charge in [0.25, 0.3) is 0 Å². The SMILES string of the molecule is O=C(NCc1cccnc1)[C@@H]1C[C@H](NCc2cccc(F)c2)CN1CC=Cc1ccccc1. The number of benzene rings is 2. The summed E-state index contributed by atoms with van der Waals surface area (Å²) in [6.45, 7) is 2.45. The summed E-state index contributed by atoms with van der Waals surface area (Å²) < 4.78 is 13.5. The number of carbonyl (C=O) groups excluding carboxylic acids is 1. The van der Waals surface area contributed by atoms with Crippen molar-refractivity contribution in [2.24, 2.45) is 0 Å². The minimum Gasteiger partial charge on any atom is -0.351 e. The van der Waals surface area contributed by atoms with E-state index in [0.717, 1.165) is 23.2 Å². The summed E-state index contributed by atoms with van der Waals surface area (Å²) in [5, 5.41) is 6.56. The fraction of sp³-hybridized carbons (Fsp3) is 0.259. The highest BCUT2D eigenvalue weighted by atomic mass is 19.1. The van der Waals surface area contributed by atoms with Crippen LogP contribution in [0.4, 0.5) is 4.39 Å². The lowest BCUT2D eigenvalue weighted by Crippen LogP contribution is -2.43. The molecule has 1 fully saturated rings. The third-order valence-electron chi connectivity index (χ3n) is 5.83. The maximum atomic E-state index is 13.5. The van der Waals surface area contributed by atoms with E-state index in [2.05, 4.69) is 44.8 Å². The first-order valence-electron chi connectivity index (χ1n) is 11.3. The van der Waals surface area contributed by atoms with E-state index >= 15 is 0 Å². The summed E-state index contributed by atoms with van der Waals surface area (Å²) in [4.78, 5) is 19.4. The minimum atomic E-state index is -0.235. The largest absolute Gasteiger partial charge is 0.351 e. The molecule has 0 aliphatic carbocycles. The first-order valence-corrected chi connectivity index (χ1v) is 11.3. The van der Waals surface area contributed by atoms with Gasteiger partial charge in [0.15, 0.2) is 0 Å². The number of hydrogen-bond donors (Lipinski definition) is 2. The van der Waals surface area contributed by atoms with Crippen LogP contribution in [0.3, 0.4) is 0 Å². The van der Waals surface area contributed by atoms with Crippen LogP contribution >= 0.6 is 0 Å². The molecule has 1 aliphatic rings. The van der Waals surface area contributed by atoms with Gasteiger partial charge < -0.3 is 10.6 Å². The van der Waals surface area contributed by atoms with Crippen molar-refractivity contribution in [3.05, 3.63) is 108 Å². The predicted octanol–water partition coefficient (Wildman–Crippen LogP) is 3.78. The topological polar surface area (TPSA) is 57.3 Å². The van der Waals surface area contributed by atoms with Crippen LogP contribution < -0.4 is 10.6 Å². The van der Waals surface area contributed by atoms with E-state index in [1.165, 1.54) is 6.07 Å². The lowest BCUT2D eigenvalue weighted by molar-refractivity contribution is -0.125. The normalized spacial score (nSPS) is 18.6. The molecule has 2 heterocycles. The van der Waals surface area contributed by atoms with Gasteiger partial charge in [0.05, 0.1) is 6.04 Å². The van der Waals surface area contributed by atoms with Crippen LogP contribution in [0, 0.1) is 5.82 Å². The average molecular weight is 445 g/mol. The van der Waals surface area contributed by atoms with Gasteiger partial charge in [-0.2, -0.15) is 0 Å². The first-order chi connectivity index (χ1) is 16.2. The highest BCUT2D eigenvalue weighted by Crippen LogP contribution is 2.19. The number of likely N-dealkylation sites (tertiary alicyclic amines) is 1. The minimum absolute atomic E-state index is 0.0158. The molecule has 2 aromatic carbocycles. The van der Waals surface area contributed by atoms with E-state index in [1.54, 1.807) is 24.5 Å². The van der Waals surface area contributed by atoms with Gasteiger partial charge >= 0.3 is 0 Å². The zero-order valence-corrected chi connectivity index (χ0v) is 18.5. The number of aromatic nitrogens is 1. The van der Waals surface area contributed by atoms with Crippen molar-refractivity contribution in [3.63, 3.8) is 0 Å². The fourth-order valence-corrected chi connectivity index (χ4v) is 4.13. The van der Waals surface area contributed by atoms with Crippen LogP contribution in [0.25, 0.3) is 6.08 Å². The van der Waals surface area contributed by atoms with Gasteiger partial charge in [-0.1, -0.05) is 60.7 Å². The molecule has 0 spiro atoms. The molecule has 2 N–H and O–H groups in total. The third-order valence-corrected chi connectivity index (χ3v) is 5.83. The smallest absolute Gasteiger partial charge is 0.237 e. The van der Waals surface area contributed by atoms with Crippen LogP contribution in [0.5, 0.6) is 0 Å². The number of amides is 1. The van der Waals surface area contributed by atoms with E-state index in [1.807, 2.05) is 36.4 Å². The zero-order chi connectivity index (χ0) is 22.9.